The van der Waals surface area contributed by atoms with Crippen molar-refractivity contribution in [1.82, 2.24) is 15.5 Å². The van der Waals surface area contributed by atoms with Crippen LogP contribution in [0.3, 0.4) is 0 Å². The maximum atomic E-state index is 5.81. The minimum Gasteiger partial charge on any atom is -0.420 e. The molecule has 0 fully saturated rings. The Hall–Kier alpha value is -0.850. The number of nitrogens with zero attached hydrogens (tertiary/aromatic N) is 2. The molecule has 0 bridgehead atoms. The number of aromatic nitrogens is 2. The van der Waals surface area contributed by atoms with Crippen LogP contribution in [0.5, 0.6) is 0 Å². The Morgan fingerprint density at radius 3 is 3.14 bits per heavy atom. The minimum absolute atomic E-state index is 0.691. The van der Waals surface area contributed by atoms with Crippen LogP contribution in [0.15, 0.2) is 10.5 Å². The predicted octanol–water partition coefficient (Wildman–Crippen LogP) is 3.52. The van der Waals surface area contributed by atoms with Crippen molar-refractivity contribution in [3.8, 4) is 10.8 Å². The van der Waals surface area contributed by atoms with Crippen LogP contribution in [-0.2, 0) is 18.6 Å². The van der Waals surface area contributed by atoms with Crippen LogP contribution in [0.1, 0.15) is 36.1 Å². The fourth-order valence-corrected chi connectivity index (χ4v) is 4.67. The molecule has 0 radical (unpaired) electrons. The van der Waals surface area contributed by atoms with Crippen LogP contribution in [0.4, 0.5) is 0 Å². The lowest BCUT2D eigenvalue weighted by atomic mass is 10.2. The molecule has 0 aliphatic carbocycles. The molecule has 0 amide bonds. The molecule has 0 aromatic carbocycles. The van der Waals surface area contributed by atoms with Gasteiger partial charge in [0.15, 0.2) is 0 Å². The molecule has 2 aromatic rings. The molecule has 1 N–H and O–H groups in total. The van der Waals surface area contributed by atoms with Gasteiger partial charge in [-0.3, -0.25) is 0 Å². The van der Waals surface area contributed by atoms with Crippen LogP contribution >= 0.6 is 23.1 Å². The van der Waals surface area contributed by atoms with Crippen molar-refractivity contribution in [2.45, 2.75) is 38.4 Å². The molecule has 21 heavy (non-hydrogen) atoms. The Balaban J connectivity index is 1.58. The van der Waals surface area contributed by atoms with Gasteiger partial charge >= 0.3 is 0 Å². The van der Waals surface area contributed by atoms with Gasteiger partial charge in [0.2, 0.25) is 5.89 Å². The molecule has 1 aliphatic rings. The standard InChI is InChI=1S/C15H21N3OS2/c1-2-6-16-7-3-4-14-17-18-15(19-14)13-9-11-10-20-8-5-12(11)21-13/h9,16H,2-8,10H2,1H3. The normalized spacial score (nSPS) is 14.3. The fourth-order valence-electron chi connectivity index (χ4n) is 2.37. The number of thioether (sulfide) groups is 1. The number of rotatable bonds is 7. The monoisotopic (exact) mass is 323 g/mol. The van der Waals surface area contributed by atoms with Crippen molar-refractivity contribution < 1.29 is 4.42 Å². The first-order valence-electron chi connectivity index (χ1n) is 7.59. The number of fused-ring (bicyclic) bond motifs is 1. The molecule has 6 heteroatoms. The van der Waals surface area contributed by atoms with Gasteiger partial charge in [0.1, 0.15) is 0 Å². The average molecular weight is 323 g/mol. The first kappa shape index (κ1) is 15.1. The minimum atomic E-state index is 0.691. The van der Waals surface area contributed by atoms with Crippen LogP contribution in [0.2, 0.25) is 0 Å². The zero-order chi connectivity index (χ0) is 14.5. The van der Waals surface area contributed by atoms with Crippen LogP contribution in [0.25, 0.3) is 10.8 Å². The van der Waals surface area contributed by atoms with Crippen LogP contribution < -0.4 is 5.32 Å². The summed E-state index contributed by atoms with van der Waals surface area (Å²) in [5.74, 6) is 3.79. The Morgan fingerprint density at radius 2 is 2.29 bits per heavy atom. The van der Waals surface area contributed by atoms with Gasteiger partial charge in [-0.05, 0) is 49.7 Å². The summed E-state index contributed by atoms with van der Waals surface area (Å²) in [7, 11) is 0. The highest BCUT2D eigenvalue weighted by Crippen LogP contribution is 2.36. The van der Waals surface area contributed by atoms with Gasteiger partial charge < -0.3 is 9.73 Å². The van der Waals surface area contributed by atoms with E-state index in [2.05, 4.69) is 28.5 Å². The van der Waals surface area contributed by atoms with E-state index in [1.165, 1.54) is 29.0 Å². The quantitative estimate of drug-likeness (QED) is 0.790. The van der Waals surface area contributed by atoms with Crippen molar-refractivity contribution in [3.05, 3.63) is 22.4 Å². The number of aryl methyl sites for hydroxylation is 2. The zero-order valence-electron chi connectivity index (χ0n) is 12.4. The summed E-state index contributed by atoms with van der Waals surface area (Å²) in [5, 5.41) is 11.8. The van der Waals surface area contributed by atoms with E-state index < -0.39 is 0 Å². The Morgan fingerprint density at radius 1 is 1.33 bits per heavy atom. The highest BCUT2D eigenvalue weighted by atomic mass is 32.2. The zero-order valence-corrected chi connectivity index (χ0v) is 14.0. The molecule has 3 heterocycles. The molecule has 4 nitrogen and oxygen atoms in total. The van der Waals surface area contributed by atoms with E-state index in [-0.39, 0.29) is 0 Å². The second-order valence-corrected chi connectivity index (χ2v) is 7.46. The van der Waals surface area contributed by atoms with E-state index in [0.717, 1.165) is 42.5 Å². The summed E-state index contributed by atoms with van der Waals surface area (Å²) < 4.78 is 5.81. The van der Waals surface area contributed by atoms with Gasteiger partial charge in [-0.1, -0.05) is 6.92 Å². The summed E-state index contributed by atoms with van der Waals surface area (Å²) in [5.41, 5.74) is 1.45. The first-order chi connectivity index (χ1) is 10.4. The second-order valence-electron chi connectivity index (χ2n) is 5.22. The largest absolute Gasteiger partial charge is 0.420 e. The summed E-state index contributed by atoms with van der Waals surface area (Å²) in [6.07, 6.45) is 4.24. The molecule has 0 saturated heterocycles. The summed E-state index contributed by atoms with van der Waals surface area (Å²) in [4.78, 5) is 2.62. The van der Waals surface area contributed by atoms with Gasteiger partial charge in [0, 0.05) is 17.1 Å². The van der Waals surface area contributed by atoms with Gasteiger partial charge in [-0.15, -0.1) is 21.5 Å². The third kappa shape index (κ3) is 3.87. The first-order valence-corrected chi connectivity index (χ1v) is 9.56. The van der Waals surface area contributed by atoms with Crippen molar-refractivity contribution in [2.24, 2.45) is 0 Å². The smallest absolute Gasteiger partial charge is 0.257 e. The molecule has 2 aromatic heterocycles. The van der Waals surface area contributed by atoms with E-state index in [0.29, 0.717) is 5.89 Å². The molecule has 114 valence electrons. The number of nitrogens with one attached hydrogen (secondary N) is 1. The molecule has 0 saturated carbocycles. The van der Waals surface area contributed by atoms with Crippen molar-refractivity contribution in [2.75, 3.05) is 18.8 Å². The number of thiophene rings is 1. The molecular weight excluding hydrogens is 302 g/mol. The lowest BCUT2D eigenvalue weighted by molar-refractivity contribution is 0.492. The van der Waals surface area contributed by atoms with Crippen LogP contribution in [0, 0.1) is 0 Å². The van der Waals surface area contributed by atoms with Crippen LogP contribution in [-0.4, -0.2) is 29.0 Å². The highest BCUT2D eigenvalue weighted by Gasteiger charge is 2.17. The highest BCUT2D eigenvalue weighted by molar-refractivity contribution is 7.98. The summed E-state index contributed by atoms with van der Waals surface area (Å²) in [6.45, 7) is 4.26. The lowest BCUT2D eigenvalue weighted by Crippen LogP contribution is -2.16. The third-order valence-corrected chi connectivity index (χ3v) is 5.71. The molecule has 0 atom stereocenters. The topological polar surface area (TPSA) is 51.0 Å². The molecule has 0 unspecified atom stereocenters. The van der Waals surface area contributed by atoms with Gasteiger partial charge in [0.05, 0.1) is 4.88 Å². The van der Waals surface area contributed by atoms with E-state index in [9.17, 15) is 0 Å². The molecule has 0 spiro atoms. The van der Waals surface area contributed by atoms with Gasteiger partial charge in [-0.25, -0.2) is 0 Å². The van der Waals surface area contributed by atoms with Crippen molar-refractivity contribution in [1.29, 1.82) is 0 Å². The Kier molecular flexibility index (Phi) is 5.32. The van der Waals surface area contributed by atoms with E-state index in [1.807, 2.05) is 23.1 Å². The maximum absolute atomic E-state index is 5.81. The average Bonchev–Trinajstić information content (AvgIpc) is 3.13. The molecular formula is C15H21N3OS2. The van der Waals surface area contributed by atoms with Gasteiger partial charge in [0.25, 0.3) is 5.89 Å². The van der Waals surface area contributed by atoms with Gasteiger partial charge in [-0.2, -0.15) is 11.8 Å². The Labute approximate surface area is 133 Å². The van der Waals surface area contributed by atoms with E-state index in [4.69, 9.17) is 4.42 Å². The SMILES string of the molecule is CCCNCCCc1nnc(-c2cc3c(s2)CCSC3)o1. The van der Waals surface area contributed by atoms with Crippen molar-refractivity contribution in [3.63, 3.8) is 0 Å². The third-order valence-electron chi connectivity index (χ3n) is 3.48. The molecule has 3 rings (SSSR count). The predicted molar refractivity (Wildman–Crippen MR) is 89.0 cm³/mol. The van der Waals surface area contributed by atoms with E-state index >= 15 is 0 Å². The number of hydrogen-bond donors (Lipinski definition) is 1. The fraction of sp³-hybridized carbons (Fsp3) is 0.600. The van der Waals surface area contributed by atoms with Crippen molar-refractivity contribution >= 4 is 23.1 Å². The summed E-state index contributed by atoms with van der Waals surface area (Å²) in [6, 6.07) is 2.23. The maximum Gasteiger partial charge on any atom is 0.257 e. The summed E-state index contributed by atoms with van der Waals surface area (Å²) >= 11 is 3.82. The second kappa shape index (κ2) is 7.42. The Bertz CT molecular complexity index is 556. The number of hydrogen-bond acceptors (Lipinski definition) is 6. The van der Waals surface area contributed by atoms with E-state index in [1.54, 1.807) is 0 Å². The molecule has 1 aliphatic heterocycles. The lowest BCUT2D eigenvalue weighted by Gasteiger charge is -2.08.